The first kappa shape index (κ1) is 17.4. The standard InChI is InChI=1S/C18H28N2O3/c1-12(2)10-19-14-6-7-16-13(8-14)9-15(22-16)11-20-17(21)23-18(3,4)5/h6-8,12,15,19H,9-11H2,1-5H3,(H,20,21). The summed E-state index contributed by atoms with van der Waals surface area (Å²) >= 11 is 0. The lowest BCUT2D eigenvalue weighted by atomic mass is 10.1. The molecule has 0 radical (unpaired) electrons. The van der Waals surface area contributed by atoms with E-state index < -0.39 is 11.7 Å². The van der Waals surface area contributed by atoms with Gasteiger partial charge in [-0.2, -0.15) is 0 Å². The van der Waals surface area contributed by atoms with Gasteiger partial charge in [0.05, 0.1) is 6.54 Å². The Morgan fingerprint density at radius 3 is 2.78 bits per heavy atom. The average molecular weight is 320 g/mol. The lowest BCUT2D eigenvalue weighted by Gasteiger charge is -2.20. The Balaban J connectivity index is 1.83. The van der Waals surface area contributed by atoms with Gasteiger partial charge in [-0.1, -0.05) is 13.8 Å². The minimum Gasteiger partial charge on any atom is -0.488 e. The molecule has 1 aliphatic heterocycles. The van der Waals surface area contributed by atoms with Crippen LogP contribution in [0.2, 0.25) is 0 Å². The molecule has 1 unspecified atom stereocenters. The lowest BCUT2D eigenvalue weighted by molar-refractivity contribution is 0.0506. The van der Waals surface area contributed by atoms with Crippen LogP contribution in [0.1, 0.15) is 40.2 Å². The van der Waals surface area contributed by atoms with Crippen LogP contribution in [0.5, 0.6) is 5.75 Å². The van der Waals surface area contributed by atoms with Crippen molar-refractivity contribution in [2.24, 2.45) is 5.92 Å². The van der Waals surface area contributed by atoms with E-state index in [1.54, 1.807) is 0 Å². The van der Waals surface area contributed by atoms with E-state index in [9.17, 15) is 4.79 Å². The van der Waals surface area contributed by atoms with Crippen molar-refractivity contribution in [2.45, 2.75) is 52.7 Å². The minimum atomic E-state index is -0.486. The number of fused-ring (bicyclic) bond motifs is 1. The van der Waals surface area contributed by atoms with Crippen molar-refractivity contribution in [2.75, 3.05) is 18.4 Å². The van der Waals surface area contributed by atoms with Gasteiger partial charge in [0.25, 0.3) is 0 Å². The van der Waals surface area contributed by atoms with Crippen molar-refractivity contribution >= 4 is 11.8 Å². The molecule has 1 aliphatic rings. The Labute approximate surface area is 138 Å². The maximum Gasteiger partial charge on any atom is 0.407 e. The number of benzene rings is 1. The monoisotopic (exact) mass is 320 g/mol. The Kier molecular flexibility index (Phi) is 5.39. The van der Waals surface area contributed by atoms with Crippen LogP contribution in [0.15, 0.2) is 18.2 Å². The maximum atomic E-state index is 11.7. The summed E-state index contributed by atoms with van der Waals surface area (Å²) in [6, 6.07) is 6.15. The molecule has 0 spiro atoms. The molecule has 0 saturated heterocycles. The van der Waals surface area contributed by atoms with Crippen molar-refractivity contribution < 1.29 is 14.3 Å². The first-order chi connectivity index (χ1) is 10.7. The van der Waals surface area contributed by atoms with Crippen LogP contribution in [0.4, 0.5) is 10.5 Å². The maximum absolute atomic E-state index is 11.7. The van der Waals surface area contributed by atoms with E-state index in [-0.39, 0.29) is 6.10 Å². The molecule has 2 N–H and O–H groups in total. The van der Waals surface area contributed by atoms with Crippen LogP contribution in [0.25, 0.3) is 0 Å². The molecular weight excluding hydrogens is 292 g/mol. The first-order valence-corrected chi connectivity index (χ1v) is 8.23. The molecule has 128 valence electrons. The highest BCUT2D eigenvalue weighted by Crippen LogP contribution is 2.31. The molecule has 2 rings (SSSR count). The molecule has 1 heterocycles. The van der Waals surface area contributed by atoms with Crippen molar-refractivity contribution in [3.05, 3.63) is 23.8 Å². The van der Waals surface area contributed by atoms with Gasteiger partial charge >= 0.3 is 6.09 Å². The summed E-state index contributed by atoms with van der Waals surface area (Å²) in [7, 11) is 0. The Morgan fingerprint density at radius 2 is 2.13 bits per heavy atom. The molecule has 5 nitrogen and oxygen atoms in total. The number of alkyl carbamates (subject to hydrolysis) is 1. The van der Waals surface area contributed by atoms with Crippen molar-refractivity contribution in [1.29, 1.82) is 0 Å². The van der Waals surface area contributed by atoms with Gasteiger partial charge in [-0.25, -0.2) is 4.79 Å². The minimum absolute atomic E-state index is 0.0436. The van der Waals surface area contributed by atoms with Gasteiger partial charge in [0.2, 0.25) is 0 Å². The van der Waals surface area contributed by atoms with Crippen LogP contribution in [0.3, 0.4) is 0 Å². The van der Waals surface area contributed by atoms with Gasteiger partial charge in [0, 0.05) is 18.7 Å². The van der Waals surface area contributed by atoms with Gasteiger partial charge in [0.15, 0.2) is 0 Å². The number of carbonyl (C=O) groups is 1. The smallest absolute Gasteiger partial charge is 0.407 e. The van der Waals surface area contributed by atoms with E-state index in [0.717, 1.165) is 24.4 Å². The third kappa shape index (κ3) is 5.66. The number of hydrogen-bond donors (Lipinski definition) is 2. The number of hydrogen-bond acceptors (Lipinski definition) is 4. The molecular formula is C18H28N2O3. The van der Waals surface area contributed by atoms with Crippen molar-refractivity contribution in [3.8, 4) is 5.75 Å². The first-order valence-electron chi connectivity index (χ1n) is 8.23. The second kappa shape index (κ2) is 7.11. The Hall–Kier alpha value is -1.91. The third-order valence-electron chi connectivity index (χ3n) is 3.39. The summed E-state index contributed by atoms with van der Waals surface area (Å²) in [5.74, 6) is 1.50. The largest absolute Gasteiger partial charge is 0.488 e. The number of carbonyl (C=O) groups excluding carboxylic acids is 1. The van der Waals surface area contributed by atoms with E-state index in [4.69, 9.17) is 9.47 Å². The van der Waals surface area contributed by atoms with Gasteiger partial charge < -0.3 is 20.1 Å². The van der Waals surface area contributed by atoms with Crippen LogP contribution in [-0.2, 0) is 11.2 Å². The van der Waals surface area contributed by atoms with Crippen LogP contribution in [0, 0.1) is 5.92 Å². The zero-order chi connectivity index (χ0) is 17.0. The molecule has 0 aliphatic carbocycles. The summed E-state index contributed by atoms with van der Waals surface area (Å²) in [4.78, 5) is 11.7. The summed E-state index contributed by atoms with van der Waals surface area (Å²) < 4.78 is 11.1. The van der Waals surface area contributed by atoms with E-state index in [2.05, 4.69) is 30.5 Å². The normalized spacial score (nSPS) is 16.7. The van der Waals surface area contributed by atoms with Gasteiger partial charge in [0.1, 0.15) is 17.5 Å². The highest BCUT2D eigenvalue weighted by Gasteiger charge is 2.24. The molecule has 1 atom stereocenters. The van der Waals surface area contributed by atoms with E-state index in [1.807, 2.05) is 32.9 Å². The van der Waals surface area contributed by atoms with Gasteiger partial charge in [-0.15, -0.1) is 0 Å². The molecule has 1 aromatic rings. The fourth-order valence-electron chi connectivity index (χ4n) is 2.38. The average Bonchev–Trinajstić information content (AvgIpc) is 2.83. The summed E-state index contributed by atoms with van der Waals surface area (Å²) in [6.07, 6.45) is 0.344. The van der Waals surface area contributed by atoms with E-state index >= 15 is 0 Å². The highest BCUT2D eigenvalue weighted by molar-refractivity contribution is 5.67. The second-order valence-corrected chi connectivity index (χ2v) is 7.42. The third-order valence-corrected chi connectivity index (χ3v) is 3.39. The van der Waals surface area contributed by atoms with Crippen LogP contribution >= 0.6 is 0 Å². The topological polar surface area (TPSA) is 59.6 Å². The SMILES string of the molecule is CC(C)CNc1ccc2c(c1)CC(CNC(=O)OC(C)(C)C)O2. The lowest BCUT2D eigenvalue weighted by Crippen LogP contribution is -2.38. The molecule has 5 heteroatoms. The van der Waals surface area contributed by atoms with E-state index in [1.165, 1.54) is 5.56 Å². The van der Waals surface area contributed by atoms with Crippen molar-refractivity contribution in [1.82, 2.24) is 5.32 Å². The zero-order valence-electron chi connectivity index (χ0n) is 14.7. The summed E-state index contributed by atoms with van der Waals surface area (Å²) in [5, 5.41) is 6.19. The summed E-state index contributed by atoms with van der Waals surface area (Å²) in [5.41, 5.74) is 1.80. The van der Waals surface area contributed by atoms with Gasteiger partial charge in [-0.05, 0) is 50.5 Å². The highest BCUT2D eigenvalue weighted by atomic mass is 16.6. The Morgan fingerprint density at radius 1 is 1.39 bits per heavy atom. The molecule has 1 amide bonds. The fourth-order valence-corrected chi connectivity index (χ4v) is 2.38. The van der Waals surface area contributed by atoms with Crippen molar-refractivity contribution in [3.63, 3.8) is 0 Å². The molecule has 1 aromatic carbocycles. The molecule has 0 bridgehead atoms. The Bertz CT molecular complexity index is 550. The predicted octanol–water partition coefficient (Wildman–Crippen LogP) is 3.58. The zero-order valence-corrected chi connectivity index (χ0v) is 14.7. The predicted molar refractivity (Wildman–Crippen MR) is 92.1 cm³/mol. The second-order valence-electron chi connectivity index (χ2n) is 7.42. The van der Waals surface area contributed by atoms with Crippen LogP contribution < -0.4 is 15.4 Å². The molecule has 23 heavy (non-hydrogen) atoms. The number of amides is 1. The number of nitrogens with one attached hydrogen (secondary N) is 2. The van der Waals surface area contributed by atoms with Crippen LogP contribution in [-0.4, -0.2) is 30.9 Å². The quantitative estimate of drug-likeness (QED) is 0.870. The number of rotatable bonds is 5. The summed E-state index contributed by atoms with van der Waals surface area (Å²) in [6.45, 7) is 11.3. The number of anilines is 1. The van der Waals surface area contributed by atoms with E-state index in [0.29, 0.717) is 12.5 Å². The molecule has 0 saturated carbocycles. The fraction of sp³-hybridized carbons (Fsp3) is 0.611. The number of ether oxygens (including phenoxy) is 2. The van der Waals surface area contributed by atoms with Gasteiger partial charge in [-0.3, -0.25) is 0 Å². The molecule has 0 fully saturated rings. The molecule has 0 aromatic heterocycles.